The number of benzene rings is 2. The molecule has 0 aliphatic heterocycles. The van der Waals surface area contributed by atoms with Crippen molar-refractivity contribution in [3.05, 3.63) is 63.6 Å². The van der Waals surface area contributed by atoms with E-state index in [-0.39, 0.29) is 0 Å². The highest BCUT2D eigenvalue weighted by atomic mass is 35.5. The van der Waals surface area contributed by atoms with E-state index in [9.17, 15) is 0 Å². The summed E-state index contributed by atoms with van der Waals surface area (Å²) in [5.41, 5.74) is 2.46. The van der Waals surface area contributed by atoms with Crippen molar-refractivity contribution in [2.75, 3.05) is 0 Å². The highest BCUT2D eigenvalue weighted by Gasteiger charge is 2.19. The van der Waals surface area contributed by atoms with Gasteiger partial charge in [-0.05, 0) is 48.2 Å². The molecule has 0 bridgehead atoms. The minimum atomic E-state index is 0.682. The lowest BCUT2D eigenvalue weighted by Crippen LogP contribution is -2.14. The van der Waals surface area contributed by atoms with Crippen molar-refractivity contribution in [2.45, 2.75) is 36.1 Å². The zero-order valence-electron chi connectivity index (χ0n) is 11.6. The maximum Gasteiger partial charge on any atom is 0.0461 e. The van der Waals surface area contributed by atoms with Crippen molar-refractivity contribution in [3.63, 3.8) is 0 Å². The summed E-state index contributed by atoms with van der Waals surface area (Å²) in [6, 6.07) is 15.2. The van der Waals surface area contributed by atoms with Gasteiger partial charge in [-0.1, -0.05) is 41.4 Å². The average molecular weight is 338 g/mol. The van der Waals surface area contributed by atoms with E-state index in [0.717, 1.165) is 28.9 Å². The molecule has 110 valence electrons. The molecular weight excluding hydrogens is 321 g/mol. The van der Waals surface area contributed by atoms with E-state index in [1.165, 1.54) is 23.3 Å². The van der Waals surface area contributed by atoms with Crippen molar-refractivity contribution in [1.82, 2.24) is 5.32 Å². The minimum absolute atomic E-state index is 0.682. The summed E-state index contributed by atoms with van der Waals surface area (Å²) in [4.78, 5) is 1.26. The molecule has 21 heavy (non-hydrogen) atoms. The molecule has 0 aromatic heterocycles. The lowest BCUT2D eigenvalue weighted by molar-refractivity contribution is 0.687. The fourth-order valence-corrected chi connectivity index (χ4v) is 3.51. The molecule has 0 unspecified atom stereocenters. The fourth-order valence-electron chi connectivity index (χ4n) is 2.05. The van der Waals surface area contributed by atoms with Gasteiger partial charge >= 0.3 is 0 Å². The number of halogens is 2. The summed E-state index contributed by atoms with van der Waals surface area (Å²) in [6.07, 6.45) is 2.66. The third-order valence-corrected chi connectivity index (χ3v) is 5.15. The molecule has 0 radical (unpaired) electrons. The number of hydrogen-bond acceptors (Lipinski definition) is 2. The molecule has 0 saturated heterocycles. The molecule has 1 saturated carbocycles. The summed E-state index contributed by atoms with van der Waals surface area (Å²) < 4.78 is 0. The van der Waals surface area contributed by atoms with Gasteiger partial charge in [-0.15, -0.1) is 11.8 Å². The summed E-state index contributed by atoms with van der Waals surface area (Å²) in [7, 11) is 0. The predicted octanol–water partition coefficient (Wildman–Crippen LogP) is 5.54. The third-order valence-electron chi connectivity index (χ3n) is 3.51. The molecule has 2 aromatic rings. The quantitative estimate of drug-likeness (QED) is 0.694. The van der Waals surface area contributed by atoms with Gasteiger partial charge in [-0.3, -0.25) is 0 Å². The number of hydrogen-bond donors (Lipinski definition) is 1. The molecule has 4 heteroatoms. The first-order chi connectivity index (χ1) is 10.2. The molecule has 0 heterocycles. The maximum absolute atomic E-state index is 6.19. The highest BCUT2D eigenvalue weighted by molar-refractivity contribution is 7.98. The molecule has 0 atom stereocenters. The molecule has 3 rings (SSSR count). The Balaban J connectivity index is 1.54. The first-order valence-electron chi connectivity index (χ1n) is 7.10. The summed E-state index contributed by atoms with van der Waals surface area (Å²) in [5.74, 6) is 0.857. The summed E-state index contributed by atoms with van der Waals surface area (Å²) in [5, 5.41) is 4.94. The van der Waals surface area contributed by atoms with E-state index in [1.807, 2.05) is 12.1 Å². The first-order valence-corrected chi connectivity index (χ1v) is 8.84. The largest absolute Gasteiger partial charge is 0.310 e. The lowest BCUT2D eigenvalue weighted by Gasteiger charge is -2.07. The topological polar surface area (TPSA) is 12.0 Å². The molecule has 2 aromatic carbocycles. The van der Waals surface area contributed by atoms with Gasteiger partial charge in [-0.2, -0.15) is 0 Å². The van der Waals surface area contributed by atoms with E-state index in [1.54, 1.807) is 17.8 Å². The Bertz CT molecular complexity index is 609. The normalized spacial score (nSPS) is 14.4. The Morgan fingerprint density at radius 3 is 2.48 bits per heavy atom. The van der Waals surface area contributed by atoms with Crippen molar-refractivity contribution < 1.29 is 0 Å². The molecule has 1 nitrogen and oxygen atoms in total. The van der Waals surface area contributed by atoms with Crippen LogP contribution in [0.1, 0.15) is 24.0 Å². The standard InChI is InChI=1S/C17H17Cl2NS/c18-14-4-3-13(17(19)9-14)11-21-16-7-1-12(2-8-16)10-20-15-5-6-15/h1-4,7-9,15,20H,5-6,10-11H2. The van der Waals surface area contributed by atoms with Gasteiger partial charge in [0.2, 0.25) is 0 Å². The Hall–Kier alpha value is -0.670. The van der Waals surface area contributed by atoms with Crippen molar-refractivity contribution in [3.8, 4) is 0 Å². The van der Waals surface area contributed by atoms with Crippen LogP contribution in [0, 0.1) is 0 Å². The highest BCUT2D eigenvalue weighted by Crippen LogP contribution is 2.28. The van der Waals surface area contributed by atoms with E-state index in [4.69, 9.17) is 23.2 Å². The lowest BCUT2D eigenvalue weighted by atomic mass is 10.2. The van der Waals surface area contributed by atoms with Gasteiger partial charge in [0.25, 0.3) is 0 Å². The Morgan fingerprint density at radius 2 is 1.81 bits per heavy atom. The number of thioether (sulfide) groups is 1. The van der Waals surface area contributed by atoms with Gasteiger partial charge in [0.05, 0.1) is 0 Å². The molecule has 1 aliphatic rings. The second-order valence-corrected chi connectivity index (χ2v) is 7.22. The van der Waals surface area contributed by atoms with Crippen molar-refractivity contribution >= 4 is 35.0 Å². The molecule has 1 N–H and O–H groups in total. The Morgan fingerprint density at radius 1 is 1.05 bits per heavy atom. The predicted molar refractivity (Wildman–Crippen MR) is 92.3 cm³/mol. The van der Waals surface area contributed by atoms with Gasteiger partial charge in [0, 0.05) is 33.3 Å². The van der Waals surface area contributed by atoms with E-state index in [2.05, 4.69) is 29.6 Å². The van der Waals surface area contributed by atoms with Crippen LogP contribution in [-0.2, 0) is 12.3 Å². The maximum atomic E-state index is 6.19. The van der Waals surface area contributed by atoms with Gasteiger partial charge < -0.3 is 5.32 Å². The van der Waals surface area contributed by atoms with E-state index >= 15 is 0 Å². The second kappa shape index (κ2) is 7.06. The summed E-state index contributed by atoms with van der Waals surface area (Å²) in [6.45, 7) is 0.971. The summed E-state index contributed by atoms with van der Waals surface area (Å²) >= 11 is 13.9. The van der Waals surface area contributed by atoms with Crippen LogP contribution >= 0.6 is 35.0 Å². The van der Waals surface area contributed by atoms with Crippen LogP contribution in [0.3, 0.4) is 0 Å². The van der Waals surface area contributed by atoms with Gasteiger partial charge in [0.1, 0.15) is 0 Å². The van der Waals surface area contributed by atoms with E-state index in [0.29, 0.717) is 5.02 Å². The van der Waals surface area contributed by atoms with Crippen molar-refractivity contribution in [2.24, 2.45) is 0 Å². The number of rotatable bonds is 6. The van der Waals surface area contributed by atoms with Crippen LogP contribution in [0.4, 0.5) is 0 Å². The van der Waals surface area contributed by atoms with Crippen molar-refractivity contribution in [1.29, 1.82) is 0 Å². The molecule has 0 spiro atoms. The van der Waals surface area contributed by atoms with Crippen LogP contribution < -0.4 is 5.32 Å². The monoisotopic (exact) mass is 337 g/mol. The van der Waals surface area contributed by atoms with Crippen LogP contribution in [0.15, 0.2) is 47.4 Å². The Labute approximate surface area is 140 Å². The zero-order valence-corrected chi connectivity index (χ0v) is 13.9. The smallest absolute Gasteiger partial charge is 0.0461 e. The van der Waals surface area contributed by atoms with Crippen LogP contribution in [0.5, 0.6) is 0 Å². The van der Waals surface area contributed by atoms with Crippen LogP contribution in [0.2, 0.25) is 10.0 Å². The zero-order chi connectivity index (χ0) is 14.7. The van der Waals surface area contributed by atoms with E-state index < -0.39 is 0 Å². The fraction of sp³-hybridized carbons (Fsp3) is 0.294. The van der Waals surface area contributed by atoms with Crippen LogP contribution in [-0.4, -0.2) is 6.04 Å². The molecule has 0 amide bonds. The molecular formula is C17H17Cl2NS. The number of nitrogens with one attached hydrogen (secondary N) is 1. The average Bonchev–Trinajstić information content (AvgIpc) is 3.30. The molecule has 1 aliphatic carbocycles. The Kier molecular flexibility index (Phi) is 5.12. The minimum Gasteiger partial charge on any atom is -0.310 e. The SMILES string of the molecule is Clc1ccc(CSc2ccc(CNC3CC3)cc2)c(Cl)c1. The van der Waals surface area contributed by atoms with Crippen LogP contribution in [0.25, 0.3) is 0 Å². The molecule has 1 fully saturated rings. The third kappa shape index (κ3) is 4.65. The first kappa shape index (κ1) is 15.2. The van der Waals surface area contributed by atoms with Gasteiger partial charge in [0.15, 0.2) is 0 Å². The second-order valence-electron chi connectivity index (χ2n) is 5.32. The van der Waals surface area contributed by atoms with Gasteiger partial charge in [-0.25, -0.2) is 0 Å².